The SMILES string of the molecule is COc1cccc(-c2nc3ccccc3n2CCCCOc2ccc(C(C)C)cc2)c1. The van der Waals surface area contributed by atoms with E-state index in [2.05, 4.69) is 66.9 Å². The van der Waals surface area contributed by atoms with E-state index in [0.29, 0.717) is 12.5 Å². The molecule has 160 valence electrons. The first-order valence-electron chi connectivity index (χ1n) is 11.0. The molecule has 0 spiro atoms. The summed E-state index contributed by atoms with van der Waals surface area (Å²) in [7, 11) is 1.69. The lowest BCUT2D eigenvalue weighted by molar-refractivity contribution is 0.303. The van der Waals surface area contributed by atoms with Crippen LogP contribution in [0.3, 0.4) is 0 Å². The average molecular weight is 415 g/mol. The van der Waals surface area contributed by atoms with Gasteiger partial charge in [-0.15, -0.1) is 0 Å². The predicted octanol–water partition coefficient (Wildman–Crippen LogP) is 6.69. The second-order valence-corrected chi connectivity index (χ2v) is 8.09. The number of imidazole rings is 1. The molecule has 0 saturated heterocycles. The molecule has 0 N–H and O–H groups in total. The Morgan fingerprint density at radius 1 is 0.871 bits per heavy atom. The van der Waals surface area contributed by atoms with Gasteiger partial charge in [-0.3, -0.25) is 0 Å². The monoisotopic (exact) mass is 414 g/mol. The highest BCUT2D eigenvalue weighted by Crippen LogP contribution is 2.28. The van der Waals surface area contributed by atoms with Crippen LogP contribution in [0.15, 0.2) is 72.8 Å². The summed E-state index contributed by atoms with van der Waals surface area (Å²) in [6.45, 7) is 6.01. The number of nitrogens with zero attached hydrogens (tertiary/aromatic N) is 2. The zero-order valence-corrected chi connectivity index (χ0v) is 18.5. The molecule has 4 rings (SSSR count). The summed E-state index contributed by atoms with van der Waals surface area (Å²) in [5, 5.41) is 0. The van der Waals surface area contributed by atoms with Gasteiger partial charge in [0.15, 0.2) is 0 Å². The predicted molar refractivity (Wildman–Crippen MR) is 127 cm³/mol. The Kier molecular flexibility index (Phi) is 6.56. The summed E-state index contributed by atoms with van der Waals surface area (Å²) in [6.07, 6.45) is 2.00. The van der Waals surface area contributed by atoms with Gasteiger partial charge in [0.1, 0.15) is 17.3 Å². The van der Waals surface area contributed by atoms with Gasteiger partial charge in [0.25, 0.3) is 0 Å². The van der Waals surface area contributed by atoms with Crippen molar-refractivity contribution < 1.29 is 9.47 Å². The van der Waals surface area contributed by atoms with Crippen LogP contribution in [0.5, 0.6) is 11.5 Å². The van der Waals surface area contributed by atoms with Gasteiger partial charge in [0.05, 0.1) is 24.8 Å². The molecule has 0 radical (unpaired) electrons. The van der Waals surface area contributed by atoms with Crippen LogP contribution < -0.4 is 9.47 Å². The first-order valence-corrected chi connectivity index (χ1v) is 11.0. The number of aromatic nitrogens is 2. The first-order chi connectivity index (χ1) is 15.2. The number of ether oxygens (including phenoxy) is 2. The highest BCUT2D eigenvalue weighted by atomic mass is 16.5. The molecule has 4 aromatic rings. The number of fused-ring (bicyclic) bond motifs is 1. The number of methoxy groups -OCH3 is 1. The summed E-state index contributed by atoms with van der Waals surface area (Å²) in [4.78, 5) is 4.90. The fourth-order valence-corrected chi connectivity index (χ4v) is 3.80. The third-order valence-corrected chi connectivity index (χ3v) is 5.57. The molecule has 3 aromatic carbocycles. The van der Waals surface area contributed by atoms with Gasteiger partial charge in [-0.25, -0.2) is 4.98 Å². The Balaban J connectivity index is 1.43. The minimum atomic E-state index is 0.540. The number of aryl methyl sites for hydroxylation is 1. The molecule has 0 amide bonds. The molecule has 0 fully saturated rings. The molecular weight excluding hydrogens is 384 g/mol. The molecule has 4 heteroatoms. The lowest BCUT2D eigenvalue weighted by Crippen LogP contribution is -2.04. The van der Waals surface area contributed by atoms with Gasteiger partial charge in [0, 0.05) is 12.1 Å². The van der Waals surface area contributed by atoms with Crippen LogP contribution in [-0.2, 0) is 6.54 Å². The fraction of sp³-hybridized carbons (Fsp3) is 0.296. The van der Waals surface area contributed by atoms with Gasteiger partial charge < -0.3 is 14.0 Å². The topological polar surface area (TPSA) is 36.3 Å². The number of rotatable bonds is 9. The van der Waals surface area contributed by atoms with Crippen molar-refractivity contribution >= 4 is 11.0 Å². The van der Waals surface area contributed by atoms with Crippen molar-refractivity contribution in [3.8, 4) is 22.9 Å². The average Bonchev–Trinajstić information content (AvgIpc) is 3.18. The standard InChI is InChI=1S/C27H30N2O2/c1-20(2)21-13-15-23(16-14-21)31-18-7-6-17-29-26-12-5-4-11-25(26)28-27(29)22-9-8-10-24(19-22)30-3/h4-5,8-16,19-20H,6-7,17-18H2,1-3H3. The van der Waals surface area contributed by atoms with E-state index in [0.717, 1.165) is 53.3 Å². The third-order valence-electron chi connectivity index (χ3n) is 5.57. The minimum absolute atomic E-state index is 0.540. The molecule has 1 heterocycles. The zero-order chi connectivity index (χ0) is 21.6. The van der Waals surface area contributed by atoms with E-state index in [9.17, 15) is 0 Å². The molecule has 0 bridgehead atoms. The highest BCUT2D eigenvalue weighted by Gasteiger charge is 2.13. The van der Waals surface area contributed by atoms with Gasteiger partial charge in [-0.2, -0.15) is 0 Å². The maximum Gasteiger partial charge on any atom is 0.141 e. The van der Waals surface area contributed by atoms with Crippen molar-refractivity contribution in [3.05, 3.63) is 78.4 Å². The van der Waals surface area contributed by atoms with Crippen molar-refractivity contribution in [1.82, 2.24) is 9.55 Å². The van der Waals surface area contributed by atoms with E-state index in [-0.39, 0.29) is 0 Å². The maximum atomic E-state index is 5.95. The van der Waals surface area contributed by atoms with Crippen LogP contribution in [0.1, 0.15) is 38.2 Å². The third kappa shape index (κ3) is 4.91. The number of benzene rings is 3. The number of para-hydroxylation sites is 2. The van der Waals surface area contributed by atoms with E-state index in [4.69, 9.17) is 14.5 Å². The van der Waals surface area contributed by atoms with Crippen LogP contribution in [-0.4, -0.2) is 23.3 Å². The molecule has 0 aliphatic heterocycles. The largest absolute Gasteiger partial charge is 0.497 e. The lowest BCUT2D eigenvalue weighted by Gasteiger charge is -2.11. The Bertz CT molecular complexity index is 1130. The van der Waals surface area contributed by atoms with Crippen molar-refractivity contribution in [3.63, 3.8) is 0 Å². The molecule has 0 saturated carbocycles. The molecule has 31 heavy (non-hydrogen) atoms. The number of unbranched alkanes of at least 4 members (excludes halogenated alkanes) is 1. The van der Waals surface area contributed by atoms with Gasteiger partial charge in [0.2, 0.25) is 0 Å². The molecule has 0 unspecified atom stereocenters. The van der Waals surface area contributed by atoms with Gasteiger partial charge in [-0.05, 0) is 60.7 Å². The minimum Gasteiger partial charge on any atom is -0.497 e. The molecular formula is C27H30N2O2. The molecule has 0 aliphatic carbocycles. The normalized spacial score (nSPS) is 11.2. The summed E-state index contributed by atoms with van der Waals surface area (Å²) < 4.78 is 13.7. The van der Waals surface area contributed by atoms with Crippen LogP contribution in [0.2, 0.25) is 0 Å². The van der Waals surface area contributed by atoms with Gasteiger partial charge in [-0.1, -0.05) is 50.2 Å². The van der Waals surface area contributed by atoms with E-state index in [1.807, 2.05) is 24.3 Å². The summed E-state index contributed by atoms with van der Waals surface area (Å²) in [5.74, 6) is 3.30. The maximum absolute atomic E-state index is 5.95. The number of hydrogen-bond donors (Lipinski definition) is 0. The summed E-state index contributed by atoms with van der Waals surface area (Å²) in [6, 6.07) is 24.9. The quantitative estimate of drug-likeness (QED) is 0.286. The van der Waals surface area contributed by atoms with E-state index >= 15 is 0 Å². The molecule has 0 aliphatic rings. The van der Waals surface area contributed by atoms with Crippen molar-refractivity contribution in [1.29, 1.82) is 0 Å². The van der Waals surface area contributed by atoms with Crippen molar-refractivity contribution in [2.45, 2.75) is 39.2 Å². The second-order valence-electron chi connectivity index (χ2n) is 8.09. The molecule has 4 nitrogen and oxygen atoms in total. The number of hydrogen-bond acceptors (Lipinski definition) is 3. The summed E-state index contributed by atoms with van der Waals surface area (Å²) in [5.41, 5.74) is 4.58. The Morgan fingerprint density at radius 2 is 1.68 bits per heavy atom. The van der Waals surface area contributed by atoms with Crippen molar-refractivity contribution in [2.24, 2.45) is 0 Å². The molecule has 1 aromatic heterocycles. The molecule has 0 atom stereocenters. The van der Waals surface area contributed by atoms with Crippen LogP contribution >= 0.6 is 0 Å². The van der Waals surface area contributed by atoms with Crippen LogP contribution in [0.25, 0.3) is 22.4 Å². The second kappa shape index (κ2) is 9.69. The van der Waals surface area contributed by atoms with Crippen molar-refractivity contribution in [2.75, 3.05) is 13.7 Å². The Hall–Kier alpha value is -3.27. The smallest absolute Gasteiger partial charge is 0.141 e. The van der Waals surface area contributed by atoms with E-state index < -0.39 is 0 Å². The zero-order valence-electron chi connectivity index (χ0n) is 18.5. The van der Waals surface area contributed by atoms with E-state index in [1.165, 1.54) is 5.56 Å². The Labute approximate surface area is 184 Å². The van der Waals surface area contributed by atoms with Crippen LogP contribution in [0, 0.1) is 0 Å². The fourth-order valence-electron chi connectivity index (χ4n) is 3.80. The summed E-state index contributed by atoms with van der Waals surface area (Å²) >= 11 is 0. The highest BCUT2D eigenvalue weighted by molar-refractivity contribution is 5.80. The van der Waals surface area contributed by atoms with E-state index in [1.54, 1.807) is 7.11 Å². The Morgan fingerprint density at radius 3 is 2.45 bits per heavy atom. The lowest BCUT2D eigenvalue weighted by atomic mass is 10.0. The van der Waals surface area contributed by atoms with Crippen LogP contribution in [0.4, 0.5) is 0 Å². The first kappa shape index (κ1) is 21.0. The van der Waals surface area contributed by atoms with Gasteiger partial charge >= 0.3 is 0 Å².